The van der Waals surface area contributed by atoms with E-state index < -0.39 is 0 Å². The lowest BCUT2D eigenvalue weighted by atomic mass is 9.85. The van der Waals surface area contributed by atoms with Crippen molar-refractivity contribution < 1.29 is 14.3 Å². The second kappa shape index (κ2) is 8.78. The molecule has 3 saturated heterocycles. The van der Waals surface area contributed by atoms with E-state index in [0.29, 0.717) is 5.92 Å². The number of carbonyl (C=O) groups is 1. The predicted octanol–water partition coefficient (Wildman–Crippen LogP) is 4.05. The Morgan fingerprint density at radius 3 is 2.39 bits per heavy atom. The fraction of sp³-hybridized carbons (Fsp3) is 0.458. The first kappa shape index (κ1) is 19.0. The van der Waals surface area contributed by atoms with Crippen molar-refractivity contribution in [2.45, 2.75) is 37.7 Å². The number of hydrogen-bond donors (Lipinski definition) is 0. The molecule has 2 atom stereocenters. The van der Waals surface area contributed by atoms with Crippen molar-refractivity contribution in [1.29, 1.82) is 0 Å². The SMILES string of the molecule is COc1ccc(CCC(C(=O)OC2CN3CCC2CC3)c2ccccc2)cc1. The molecule has 3 heterocycles. The van der Waals surface area contributed by atoms with Gasteiger partial charge in [0.1, 0.15) is 11.9 Å². The molecule has 5 rings (SSSR count). The molecule has 3 aliphatic rings. The van der Waals surface area contributed by atoms with Crippen LogP contribution in [0.4, 0.5) is 0 Å². The lowest BCUT2D eigenvalue weighted by Crippen LogP contribution is -2.52. The normalized spacial score (nSPS) is 24.5. The number of rotatable bonds is 7. The molecule has 148 valence electrons. The van der Waals surface area contributed by atoms with E-state index in [1.807, 2.05) is 42.5 Å². The number of ether oxygens (including phenoxy) is 2. The number of benzene rings is 2. The predicted molar refractivity (Wildman–Crippen MR) is 110 cm³/mol. The molecule has 2 bridgehead atoms. The molecule has 0 aromatic heterocycles. The van der Waals surface area contributed by atoms with Crippen LogP contribution in [0.2, 0.25) is 0 Å². The zero-order chi connectivity index (χ0) is 19.3. The summed E-state index contributed by atoms with van der Waals surface area (Å²) in [5.74, 6) is 1.09. The lowest BCUT2D eigenvalue weighted by molar-refractivity contribution is -0.160. The number of methoxy groups -OCH3 is 1. The summed E-state index contributed by atoms with van der Waals surface area (Å²) < 4.78 is 11.3. The van der Waals surface area contributed by atoms with E-state index in [1.165, 1.54) is 5.56 Å². The number of nitrogens with zero attached hydrogens (tertiary/aromatic N) is 1. The smallest absolute Gasteiger partial charge is 0.313 e. The second-order valence-electron chi connectivity index (χ2n) is 7.96. The Kier molecular flexibility index (Phi) is 5.96. The summed E-state index contributed by atoms with van der Waals surface area (Å²) >= 11 is 0. The van der Waals surface area contributed by atoms with Crippen molar-refractivity contribution in [2.75, 3.05) is 26.7 Å². The van der Waals surface area contributed by atoms with Crippen molar-refractivity contribution in [3.8, 4) is 5.75 Å². The van der Waals surface area contributed by atoms with Crippen LogP contribution in [0.1, 0.15) is 36.3 Å². The quantitative estimate of drug-likeness (QED) is 0.681. The van der Waals surface area contributed by atoms with Gasteiger partial charge in [0.05, 0.1) is 13.0 Å². The van der Waals surface area contributed by atoms with E-state index in [4.69, 9.17) is 9.47 Å². The lowest BCUT2D eigenvalue weighted by Gasteiger charge is -2.44. The summed E-state index contributed by atoms with van der Waals surface area (Å²) in [6.45, 7) is 3.20. The molecule has 0 radical (unpaired) electrons. The molecule has 4 heteroatoms. The Labute approximate surface area is 167 Å². The fourth-order valence-electron chi connectivity index (χ4n) is 4.48. The maximum absolute atomic E-state index is 13.1. The Hall–Kier alpha value is -2.33. The van der Waals surface area contributed by atoms with Gasteiger partial charge in [0.25, 0.3) is 0 Å². The Balaban J connectivity index is 1.44. The molecule has 3 fully saturated rings. The van der Waals surface area contributed by atoms with Gasteiger partial charge in [0.2, 0.25) is 0 Å². The van der Waals surface area contributed by atoms with Gasteiger partial charge in [-0.2, -0.15) is 0 Å². The maximum Gasteiger partial charge on any atom is 0.313 e. The average Bonchev–Trinajstić information content (AvgIpc) is 2.76. The summed E-state index contributed by atoms with van der Waals surface area (Å²) in [7, 11) is 1.67. The van der Waals surface area contributed by atoms with Crippen LogP contribution in [0.3, 0.4) is 0 Å². The minimum Gasteiger partial charge on any atom is -0.497 e. The van der Waals surface area contributed by atoms with E-state index >= 15 is 0 Å². The van der Waals surface area contributed by atoms with Crippen molar-refractivity contribution in [2.24, 2.45) is 5.92 Å². The van der Waals surface area contributed by atoms with Crippen LogP contribution in [0.5, 0.6) is 5.75 Å². The van der Waals surface area contributed by atoms with Crippen LogP contribution in [0.25, 0.3) is 0 Å². The highest BCUT2D eigenvalue weighted by Crippen LogP contribution is 2.32. The van der Waals surface area contributed by atoms with E-state index in [2.05, 4.69) is 17.0 Å². The summed E-state index contributed by atoms with van der Waals surface area (Å²) in [5, 5.41) is 0. The van der Waals surface area contributed by atoms with Crippen LogP contribution in [0, 0.1) is 5.92 Å². The number of piperidine rings is 3. The third-order valence-corrected chi connectivity index (χ3v) is 6.23. The number of esters is 1. The molecule has 28 heavy (non-hydrogen) atoms. The minimum absolute atomic E-state index is 0.0576. The summed E-state index contributed by atoms with van der Waals surface area (Å²) in [5.41, 5.74) is 2.25. The Morgan fingerprint density at radius 2 is 1.79 bits per heavy atom. The standard InChI is InChI=1S/C24H29NO3/c1-27-21-10-7-18(8-11-21)9-12-22(19-5-3-2-4-6-19)24(26)28-23-17-25-15-13-20(23)14-16-25/h2-8,10-11,20,22-23H,9,12-17H2,1H3. The van der Waals surface area contributed by atoms with Crippen LogP contribution >= 0.6 is 0 Å². The van der Waals surface area contributed by atoms with Crippen molar-refractivity contribution in [3.63, 3.8) is 0 Å². The minimum atomic E-state index is -0.223. The molecular formula is C24H29NO3. The van der Waals surface area contributed by atoms with Gasteiger partial charge in [-0.3, -0.25) is 9.69 Å². The number of carbonyl (C=O) groups excluding carboxylic acids is 1. The van der Waals surface area contributed by atoms with Crippen LogP contribution in [0.15, 0.2) is 54.6 Å². The van der Waals surface area contributed by atoms with Gasteiger partial charge in [-0.15, -0.1) is 0 Å². The first-order valence-electron chi connectivity index (χ1n) is 10.3. The first-order chi connectivity index (χ1) is 13.7. The molecule has 3 aliphatic heterocycles. The molecular weight excluding hydrogens is 350 g/mol. The molecule has 0 spiro atoms. The van der Waals surface area contributed by atoms with E-state index in [9.17, 15) is 4.79 Å². The number of aryl methyl sites for hydroxylation is 1. The van der Waals surface area contributed by atoms with Gasteiger partial charge < -0.3 is 9.47 Å². The average molecular weight is 380 g/mol. The van der Waals surface area contributed by atoms with Crippen LogP contribution in [-0.4, -0.2) is 43.7 Å². The second-order valence-corrected chi connectivity index (χ2v) is 7.96. The Morgan fingerprint density at radius 1 is 1.07 bits per heavy atom. The van der Waals surface area contributed by atoms with Gasteiger partial charge in [-0.25, -0.2) is 0 Å². The molecule has 0 aliphatic carbocycles. The van der Waals surface area contributed by atoms with Gasteiger partial charge in [0.15, 0.2) is 0 Å². The summed E-state index contributed by atoms with van der Waals surface area (Å²) in [6, 6.07) is 18.1. The number of hydrogen-bond acceptors (Lipinski definition) is 4. The highest BCUT2D eigenvalue weighted by atomic mass is 16.5. The zero-order valence-corrected chi connectivity index (χ0v) is 16.5. The van der Waals surface area contributed by atoms with Crippen molar-refractivity contribution >= 4 is 5.97 Å². The Bertz CT molecular complexity index is 766. The third-order valence-electron chi connectivity index (χ3n) is 6.23. The van der Waals surface area contributed by atoms with Crippen LogP contribution in [-0.2, 0) is 16.0 Å². The highest BCUT2D eigenvalue weighted by molar-refractivity contribution is 5.78. The van der Waals surface area contributed by atoms with Gasteiger partial charge >= 0.3 is 5.97 Å². The van der Waals surface area contributed by atoms with E-state index in [-0.39, 0.29) is 18.0 Å². The van der Waals surface area contributed by atoms with Gasteiger partial charge in [0, 0.05) is 6.54 Å². The van der Waals surface area contributed by atoms with E-state index in [0.717, 1.165) is 56.6 Å². The van der Waals surface area contributed by atoms with Crippen molar-refractivity contribution in [1.82, 2.24) is 4.90 Å². The number of fused-ring (bicyclic) bond motifs is 3. The highest BCUT2D eigenvalue weighted by Gasteiger charge is 2.37. The fourth-order valence-corrected chi connectivity index (χ4v) is 4.48. The zero-order valence-electron chi connectivity index (χ0n) is 16.5. The van der Waals surface area contributed by atoms with E-state index in [1.54, 1.807) is 7.11 Å². The van der Waals surface area contributed by atoms with Crippen LogP contribution < -0.4 is 4.74 Å². The van der Waals surface area contributed by atoms with Gasteiger partial charge in [-0.05, 0) is 68.0 Å². The molecule has 0 amide bonds. The molecule has 2 aromatic carbocycles. The molecule has 4 nitrogen and oxygen atoms in total. The largest absolute Gasteiger partial charge is 0.497 e. The maximum atomic E-state index is 13.1. The van der Waals surface area contributed by atoms with Crippen molar-refractivity contribution in [3.05, 3.63) is 65.7 Å². The molecule has 0 N–H and O–H groups in total. The molecule has 2 aromatic rings. The van der Waals surface area contributed by atoms with Gasteiger partial charge in [-0.1, -0.05) is 42.5 Å². The molecule has 0 saturated carbocycles. The topological polar surface area (TPSA) is 38.8 Å². The first-order valence-corrected chi connectivity index (χ1v) is 10.3. The third kappa shape index (κ3) is 4.39. The monoisotopic (exact) mass is 379 g/mol. The summed E-state index contributed by atoms with van der Waals surface area (Å²) in [6.07, 6.45) is 3.94. The summed E-state index contributed by atoms with van der Waals surface area (Å²) in [4.78, 5) is 15.6. The molecule has 2 unspecified atom stereocenters.